The van der Waals surface area contributed by atoms with E-state index in [1.54, 1.807) is 6.08 Å². The number of allylic oxidation sites excluding steroid dienone is 1. The van der Waals surface area contributed by atoms with Crippen molar-refractivity contribution in [2.75, 3.05) is 32.9 Å². The normalized spacial score (nSPS) is 29.7. The highest BCUT2D eigenvalue weighted by Gasteiger charge is 2.37. The molecule has 0 bridgehead atoms. The molecular weight excluding hydrogens is 206 g/mol. The van der Waals surface area contributed by atoms with Gasteiger partial charge in [0, 0.05) is 13.1 Å². The van der Waals surface area contributed by atoms with Crippen LogP contribution in [0.1, 0.15) is 19.8 Å². The van der Waals surface area contributed by atoms with Gasteiger partial charge >= 0.3 is 0 Å². The van der Waals surface area contributed by atoms with Gasteiger partial charge in [-0.2, -0.15) is 0 Å². The molecule has 1 atom stereocenters. The lowest BCUT2D eigenvalue weighted by Crippen LogP contribution is -2.39. The Morgan fingerprint density at radius 3 is 2.75 bits per heavy atom. The summed E-state index contributed by atoms with van der Waals surface area (Å²) >= 11 is 0. The van der Waals surface area contributed by atoms with Gasteiger partial charge in [0.15, 0.2) is 0 Å². The number of hydrogen-bond donors (Lipinski definition) is 0. The molecule has 0 aromatic heterocycles. The van der Waals surface area contributed by atoms with Crippen LogP contribution in [0.4, 0.5) is 0 Å². The van der Waals surface area contributed by atoms with Gasteiger partial charge in [0.05, 0.1) is 25.4 Å². The average molecular weight is 225 g/mol. The third kappa shape index (κ3) is 3.32. The number of nitrogens with zero attached hydrogens (tertiary/aromatic N) is 1. The van der Waals surface area contributed by atoms with Crippen molar-refractivity contribution < 1.29 is 14.3 Å². The van der Waals surface area contributed by atoms with Crippen molar-refractivity contribution in [3.8, 4) is 0 Å². The van der Waals surface area contributed by atoms with Crippen LogP contribution < -0.4 is 0 Å². The number of morpholine rings is 1. The van der Waals surface area contributed by atoms with E-state index in [0.29, 0.717) is 26.3 Å². The smallest absolute Gasteiger partial charge is 0.246 e. The molecule has 2 heterocycles. The fraction of sp³-hybridized carbons (Fsp3) is 0.750. The monoisotopic (exact) mass is 225 g/mol. The van der Waals surface area contributed by atoms with Crippen LogP contribution in [-0.2, 0) is 14.3 Å². The molecule has 90 valence electrons. The third-order valence-corrected chi connectivity index (χ3v) is 3.06. The van der Waals surface area contributed by atoms with Crippen LogP contribution in [0.5, 0.6) is 0 Å². The van der Waals surface area contributed by atoms with Crippen molar-refractivity contribution >= 4 is 5.91 Å². The van der Waals surface area contributed by atoms with Crippen molar-refractivity contribution in [2.45, 2.75) is 25.4 Å². The molecule has 16 heavy (non-hydrogen) atoms. The molecular formula is C12H19NO3. The second-order valence-corrected chi connectivity index (χ2v) is 4.62. The van der Waals surface area contributed by atoms with Crippen molar-refractivity contribution in [1.29, 1.82) is 0 Å². The maximum atomic E-state index is 11.7. The van der Waals surface area contributed by atoms with Gasteiger partial charge in [-0.25, -0.2) is 0 Å². The molecule has 0 radical (unpaired) electrons. The van der Waals surface area contributed by atoms with E-state index in [4.69, 9.17) is 9.47 Å². The number of amides is 1. The summed E-state index contributed by atoms with van der Waals surface area (Å²) in [4.78, 5) is 13.5. The van der Waals surface area contributed by atoms with Gasteiger partial charge in [-0.15, -0.1) is 0 Å². The molecule has 0 aromatic carbocycles. The Morgan fingerprint density at radius 1 is 1.44 bits per heavy atom. The van der Waals surface area contributed by atoms with E-state index in [1.165, 1.54) is 0 Å². The van der Waals surface area contributed by atoms with E-state index in [2.05, 4.69) is 6.92 Å². The van der Waals surface area contributed by atoms with Gasteiger partial charge in [-0.3, -0.25) is 4.79 Å². The molecule has 1 amide bonds. The summed E-state index contributed by atoms with van der Waals surface area (Å²) in [6.07, 6.45) is 5.54. The Hall–Kier alpha value is -0.870. The maximum Gasteiger partial charge on any atom is 0.246 e. The van der Waals surface area contributed by atoms with Crippen molar-refractivity contribution in [2.24, 2.45) is 0 Å². The Balaban J connectivity index is 1.67. The Kier molecular flexibility index (Phi) is 3.61. The van der Waals surface area contributed by atoms with Crippen LogP contribution in [0.15, 0.2) is 12.2 Å². The van der Waals surface area contributed by atoms with E-state index in [0.717, 1.165) is 19.4 Å². The predicted molar refractivity (Wildman–Crippen MR) is 60.1 cm³/mol. The highest BCUT2D eigenvalue weighted by Crippen LogP contribution is 2.31. The van der Waals surface area contributed by atoms with Crippen LogP contribution >= 0.6 is 0 Å². The minimum atomic E-state index is 0.0896. The lowest BCUT2D eigenvalue weighted by molar-refractivity contribution is -0.129. The van der Waals surface area contributed by atoms with Gasteiger partial charge in [-0.05, 0) is 25.8 Å². The zero-order valence-corrected chi connectivity index (χ0v) is 9.78. The maximum absolute atomic E-state index is 11.7. The zero-order chi connectivity index (χ0) is 11.4. The first-order valence-electron chi connectivity index (χ1n) is 5.87. The zero-order valence-electron chi connectivity index (χ0n) is 9.78. The van der Waals surface area contributed by atoms with Gasteiger partial charge in [0.1, 0.15) is 0 Å². The molecule has 4 nitrogen and oxygen atoms in total. The van der Waals surface area contributed by atoms with E-state index in [9.17, 15) is 4.79 Å². The molecule has 0 N–H and O–H groups in total. The number of rotatable bonds is 4. The second-order valence-electron chi connectivity index (χ2n) is 4.62. The first kappa shape index (κ1) is 11.6. The van der Waals surface area contributed by atoms with Crippen molar-refractivity contribution in [3.05, 3.63) is 12.2 Å². The molecule has 2 aliphatic rings. The second kappa shape index (κ2) is 4.97. The Bertz CT molecular complexity index is 278. The summed E-state index contributed by atoms with van der Waals surface area (Å²) in [6, 6.07) is 0. The minimum Gasteiger partial charge on any atom is -0.378 e. The van der Waals surface area contributed by atoms with E-state index >= 15 is 0 Å². The lowest BCUT2D eigenvalue weighted by Gasteiger charge is -2.25. The van der Waals surface area contributed by atoms with E-state index in [1.807, 2.05) is 11.0 Å². The van der Waals surface area contributed by atoms with Gasteiger partial charge in [0.25, 0.3) is 0 Å². The summed E-state index contributed by atoms with van der Waals surface area (Å²) in [5.74, 6) is 0.102. The largest absolute Gasteiger partial charge is 0.378 e. The van der Waals surface area contributed by atoms with Gasteiger partial charge in [0.2, 0.25) is 5.91 Å². The van der Waals surface area contributed by atoms with Crippen LogP contribution in [0, 0.1) is 0 Å². The summed E-state index contributed by atoms with van der Waals surface area (Å²) in [5.41, 5.74) is 0.0896. The fourth-order valence-electron chi connectivity index (χ4n) is 1.73. The molecule has 4 heteroatoms. The molecule has 2 aliphatic heterocycles. The standard InChI is InChI=1S/C12H19NO3/c1-12(10-16-12)5-3-2-4-11(14)13-6-8-15-9-7-13/h2,4H,3,5-10H2,1H3/b4-2+. The highest BCUT2D eigenvalue weighted by atomic mass is 16.6. The third-order valence-electron chi connectivity index (χ3n) is 3.06. The first-order valence-corrected chi connectivity index (χ1v) is 5.87. The first-order chi connectivity index (χ1) is 7.70. The minimum absolute atomic E-state index is 0.0896. The molecule has 0 saturated carbocycles. The lowest BCUT2D eigenvalue weighted by atomic mass is 10.1. The molecule has 2 fully saturated rings. The van der Waals surface area contributed by atoms with Crippen LogP contribution in [0.25, 0.3) is 0 Å². The molecule has 2 rings (SSSR count). The molecule has 1 unspecified atom stereocenters. The summed E-state index contributed by atoms with van der Waals surface area (Å²) in [7, 11) is 0. The Morgan fingerprint density at radius 2 is 2.12 bits per heavy atom. The summed E-state index contributed by atoms with van der Waals surface area (Å²) < 4.78 is 10.5. The van der Waals surface area contributed by atoms with Crippen LogP contribution in [-0.4, -0.2) is 49.3 Å². The number of carbonyl (C=O) groups is 1. The van der Waals surface area contributed by atoms with E-state index in [-0.39, 0.29) is 11.5 Å². The number of ether oxygens (including phenoxy) is 2. The van der Waals surface area contributed by atoms with Gasteiger partial charge < -0.3 is 14.4 Å². The van der Waals surface area contributed by atoms with Crippen LogP contribution in [0.3, 0.4) is 0 Å². The number of epoxide rings is 1. The van der Waals surface area contributed by atoms with Gasteiger partial charge in [-0.1, -0.05) is 6.08 Å². The Labute approximate surface area is 96.2 Å². The van der Waals surface area contributed by atoms with Crippen molar-refractivity contribution in [3.63, 3.8) is 0 Å². The quantitative estimate of drug-likeness (QED) is 0.529. The van der Waals surface area contributed by atoms with Crippen molar-refractivity contribution in [1.82, 2.24) is 4.90 Å². The topological polar surface area (TPSA) is 42.1 Å². The van der Waals surface area contributed by atoms with E-state index < -0.39 is 0 Å². The molecule has 2 saturated heterocycles. The molecule has 0 aromatic rings. The molecule has 0 aliphatic carbocycles. The predicted octanol–water partition coefficient (Wildman–Crippen LogP) is 0.970. The average Bonchev–Trinajstić information content (AvgIpc) is 3.04. The molecule has 0 spiro atoms. The SMILES string of the molecule is CC1(CC/C=C/C(=O)N2CCOCC2)CO1. The van der Waals surface area contributed by atoms with Crippen LogP contribution in [0.2, 0.25) is 0 Å². The highest BCUT2D eigenvalue weighted by molar-refractivity contribution is 5.87. The summed E-state index contributed by atoms with van der Waals surface area (Å²) in [6.45, 7) is 5.70. The fourth-order valence-corrected chi connectivity index (χ4v) is 1.73. The number of carbonyl (C=O) groups excluding carboxylic acids is 1. The summed E-state index contributed by atoms with van der Waals surface area (Å²) in [5, 5.41) is 0. The number of hydrogen-bond acceptors (Lipinski definition) is 3.